The van der Waals surface area contributed by atoms with Gasteiger partial charge in [-0.1, -0.05) is 25.7 Å². The Hall–Kier alpha value is -0.0400. The smallest absolute Gasteiger partial charge is 0.188 e. The van der Waals surface area contributed by atoms with Crippen molar-refractivity contribution in [2.24, 2.45) is 10.7 Å². The molecule has 0 aromatic carbocycles. The van der Waals surface area contributed by atoms with Crippen molar-refractivity contribution in [2.45, 2.75) is 70.9 Å². The van der Waals surface area contributed by atoms with Crippen LogP contribution in [0, 0.1) is 0 Å². The maximum absolute atomic E-state index is 5.90. The van der Waals surface area contributed by atoms with E-state index in [2.05, 4.69) is 10.3 Å². The van der Waals surface area contributed by atoms with Crippen LogP contribution >= 0.6 is 24.0 Å². The molecule has 0 spiro atoms. The Morgan fingerprint density at radius 1 is 1.26 bits per heavy atom. The summed E-state index contributed by atoms with van der Waals surface area (Å²) in [4.78, 5) is 4.35. The van der Waals surface area contributed by atoms with Crippen LogP contribution in [0.4, 0.5) is 0 Å². The van der Waals surface area contributed by atoms with Crippen LogP contribution in [0.3, 0.4) is 0 Å². The number of halogens is 1. The molecule has 0 amide bonds. The molecule has 0 aromatic rings. The van der Waals surface area contributed by atoms with E-state index in [1.807, 2.05) is 13.8 Å². The molecule has 114 valence electrons. The molecule has 4 nitrogen and oxygen atoms in total. The van der Waals surface area contributed by atoms with Gasteiger partial charge in [0.2, 0.25) is 0 Å². The highest BCUT2D eigenvalue weighted by molar-refractivity contribution is 14.0. The van der Waals surface area contributed by atoms with Gasteiger partial charge in [0.25, 0.3) is 0 Å². The molecule has 0 radical (unpaired) electrons. The fraction of sp³-hybridized carbons (Fsp3) is 0.929. The lowest BCUT2D eigenvalue weighted by molar-refractivity contribution is 0.0783. The van der Waals surface area contributed by atoms with E-state index in [1.165, 1.54) is 38.5 Å². The number of aliphatic imine (C=N–C) groups is 1. The minimum absolute atomic E-state index is 0. The molecule has 0 aliphatic heterocycles. The molecule has 19 heavy (non-hydrogen) atoms. The average Bonchev–Trinajstić information content (AvgIpc) is 2.56. The Morgan fingerprint density at radius 2 is 1.89 bits per heavy atom. The first kappa shape index (κ1) is 19.0. The Kier molecular flexibility index (Phi) is 11.7. The summed E-state index contributed by atoms with van der Waals surface area (Å²) in [5.74, 6) is 0.603. The first-order chi connectivity index (χ1) is 8.68. The highest BCUT2D eigenvalue weighted by Crippen LogP contribution is 2.16. The summed E-state index contributed by atoms with van der Waals surface area (Å²) in [6.07, 6.45) is 9.05. The van der Waals surface area contributed by atoms with Crippen LogP contribution in [0.15, 0.2) is 4.99 Å². The molecule has 1 aliphatic carbocycles. The van der Waals surface area contributed by atoms with Crippen LogP contribution in [0.1, 0.15) is 58.8 Å². The highest BCUT2D eigenvalue weighted by atomic mass is 127. The lowest BCUT2D eigenvalue weighted by Crippen LogP contribution is -2.39. The molecule has 0 saturated heterocycles. The summed E-state index contributed by atoms with van der Waals surface area (Å²) in [5.41, 5.74) is 5.90. The number of rotatable bonds is 6. The van der Waals surface area contributed by atoms with Gasteiger partial charge >= 0.3 is 0 Å². The van der Waals surface area contributed by atoms with E-state index >= 15 is 0 Å². The van der Waals surface area contributed by atoms with Crippen LogP contribution in [-0.4, -0.2) is 31.3 Å². The van der Waals surface area contributed by atoms with Crippen molar-refractivity contribution < 1.29 is 4.74 Å². The zero-order chi connectivity index (χ0) is 13.2. The third-order valence-electron chi connectivity index (χ3n) is 3.24. The minimum Gasteiger partial charge on any atom is -0.379 e. The van der Waals surface area contributed by atoms with Crippen molar-refractivity contribution in [1.82, 2.24) is 5.32 Å². The molecule has 1 rings (SSSR count). The number of ether oxygens (including phenoxy) is 1. The van der Waals surface area contributed by atoms with Crippen molar-refractivity contribution >= 4 is 29.9 Å². The normalized spacial score (nSPS) is 17.9. The van der Waals surface area contributed by atoms with Crippen molar-refractivity contribution in [1.29, 1.82) is 0 Å². The first-order valence-corrected chi connectivity index (χ1v) is 7.36. The lowest BCUT2D eigenvalue weighted by atomic mass is 10.1. The van der Waals surface area contributed by atoms with Gasteiger partial charge in [0.1, 0.15) is 0 Å². The lowest BCUT2D eigenvalue weighted by Gasteiger charge is -2.16. The molecule has 1 saturated carbocycles. The Balaban J connectivity index is 0.00000324. The van der Waals surface area contributed by atoms with E-state index in [0.29, 0.717) is 18.1 Å². The molecule has 0 unspecified atom stereocenters. The summed E-state index contributed by atoms with van der Waals surface area (Å²) < 4.78 is 5.46. The molecule has 1 fully saturated rings. The second-order valence-corrected chi connectivity index (χ2v) is 5.37. The predicted molar refractivity (Wildman–Crippen MR) is 92.2 cm³/mol. The van der Waals surface area contributed by atoms with Gasteiger partial charge < -0.3 is 15.8 Å². The largest absolute Gasteiger partial charge is 0.379 e. The molecular formula is C14H30IN3O. The second kappa shape index (κ2) is 11.8. The van der Waals surface area contributed by atoms with Crippen LogP contribution in [-0.2, 0) is 4.74 Å². The van der Waals surface area contributed by atoms with Gasteiger partial charge in [0.05, 0.1) is 6.10 Å². The maximum Gasteiger partial charge on any atom is 0.188 e. The van der Waals surface area contributed by atoms with E-state index in [1.54, 1.807) is 0 Å². The summed E-state index contributed by atoms with van der Waals surface area (Å²) >= 11 is 0. The molecule has 0 bridgehead atoms. The number of guanidine groups is 1. The molecule has 5 heteroatoms. The quantitative estimate of drug-likeness (QED) is 0.244. The monoisotopic (exact) mass is 383 g/mol. The van der Waals surface area contributed by atoms with Crippen LogP contribution in [0.25, 0.3) is 0 Å². The maximum atomic E-state index is 5.90. The SMILES string of the molecule is CC(C)OCCCN=C(N)NC1CCCCCC1.I. The van der Waals surface area contributed by atoms with Gasteiger partial charge in [-0.15, -0.1) is 24.0 Å². The molecule has 0 atom stereocenters. The van der Waals surface area contributed by atoms with Gasteiger partial charge in [0.15, 0.2) is 5.96 Å². The summed E-state index contributed by atoms with van der Waals surface area (Å²) in [7, 11) is 0. The highest BCUT2D eigenvalue weighted by Gasteiger charge is 2.11. The Labute approximate surface area is 135 Å². The van der Waals surface area contributed by atoms with Crippen LogP contribution < -0.4 is 11.1 Å². The Morgan fingerprint density at radius 3 is 2.47 bits per heavy atom. The molecule has 0 heterocycles. The molecular weight excluding hydrogens is 353 g/mol. The fourth-order valence-electron chi connectivity index (χ4n) is 2.26. The van der Waals surface area contributed by atoms with Crippen LogP contribution in [0.5, 0.6) is 0 Å². The van der Waals surface area contributed by atoms with Gasteiger partial charge in [-0.25, -0.2) is 0 Å². The number of nitrogens with one attached hydrogen (secondary N) is 1. The number of nitrogens with two attached hydrogens (primary N) is 1. The third-order valence-corrected chi connectivity index (χ3v) is 3.24. The van der Waals surface area contributed by atoms with Crippen molar-refractivity contribution in [3.8, 4) is 0 Å². The summed E-state index contributed by atoms with van der Waals surface area (Å²) in [6, 6.07) is 0.531. The standard InChI is InChI=1S/C14H29N3O.HI/c1-12(2)18-11-7-10-16-14(15)17-13-8-5-3-4-6-9-13;/h12-13H,3-11H2,1-2H3,(H3,15,16,17);1H. The van der Waals surface area contributed by atoms with Gasteiger partial charge in [-0.2, -0.15) is 0 Å². The molecule has 3 N–H and O–H groups in total. The van der Waals surface area contributed by atoms with Gasteiger partial charge in [0, 0.05) is 19.2 Å². The van der Waals surface area contributed by atoms with Gasteiger partial charge in [-0.3, -0.25) is 4.99 Å². The third kappa shape index (κ3) is 10.4. The van der Waals surface area contributed by atoms with E-state index < -0.39 is 0 Å². The zero-order valence-corrected chi connectivity index (χ0v) is 14.7. The summed E-state index contributed by atoms with van der Waals surface area (Å²) in [6.45, 7) is 5.60. The Bertz CT molecular complexity index is 239. The topological polar surface area (TPSA) is 59.6 Å². The van der Waals surface area contributed by atoms with E-state index in [-0.39, 0.29) is 24.0 Å². The van der Waals surface area contributed by atoms with Crippen molar-refractivity contribution in [3.05, 3.63) is 0 Å². The number of hydrogen-bond acceptors (Lipinski definition) is 2. The van der Waals surface area contributed by atoms with E-state index in [9.17, 15) is 0 Å². The second-order valence-electron chi connectivity index (χ2n) is 5.37. The fourth-order valence-corrected chi connectivity index (χ4v) is 2.26. The zero-order valence-electron chi connectivity index (χ0n) is 12.4. The first-order valence-electron chi connectivity index (χ1n) is 7.36. The summed E-state index contributed by atoms with van der Waals surface area (Å²) in [5, 5.41) is 3.35. The van der Waals surface area contributed by atoms with Gasteiger partial charge in [-0.05, 0) is 33.1 Å². The minimum atomic E-state index is 0. The van der Waals surface area contributed by atoms with Crippen LogP contribution in [0.2, 0.25) is 0 Å². The average molecular weight is 383 g/mol. The molecule has 1 aliphatic rings. The van der Waals surface area contributed by atoms with Crippen molar-refractivity contribution in [3.63, 3.8) is 0 Å². The predicted octanol–water partition coefficient (Wildman–Crippen LogP) is 3.05. The van der Waals surface area contributed by atoms with Crippen molar-refractivity contribution in [2.75, 3.05) is 13.2 Å². The number of hydrogen-bond donors (Lipinski definition) is 2. The van der Waals surface area contributed by atoms with E-state index in [0.717, 1.165) is 19.6 Å². The number of nitrogens with zero attached hydrogens (tertiary/aromatic N) is 1. The molecule has 0 aromatic heterocycles. The van der Waals surface area contributed by atoms with E-state index in [4.69, 9.17) is 10.5 Å².